The number of carbonyl (C=O) groups excluding carboxylic acids is 3. The van der Waals surface area contributed by atoms with Crippen molar-refractivity contribution in [2.75, 3.05) is 23.3 Å². The molecule has 0 unspecified atom stereocenters. The average molecular weight is 390 g/mol. The number of nitrogens with one attached hydrogen (secondary N) is 3. The average Bonchev–Trinajstić information content (AvgIpc) is 2.77. The monoisotopic (exact) mass is 390 g/mol. The van der Waals surface area contributed by atoms with Gasteiger partial charge >= 0.3 is 6.03 Å². The summed E-state index contributed by atoms with van der Waals surface area (Å²) in [6.45, 7) is 4.50. The summed E-state index contributed by atoms with van der Waals surface area (Å²) in [6, 6.07) is 3.58. The molecule has 1 aromatic carbocycles. The predicted molar refractivity (Wildman–Crippen MR) is 105 cm³/mol. The molecule has 0 aromatic heterocycles. The van der Waals surface area contributed by atoms with Crippen molar-refractivity contribution < 1.29 is 18.8 Å². The van der Waals surface area contributed by atoms with E-state index < -0.39 is 17.8 Å². The molecule has 1 aliphatic carbocycles. The molecule has 7 nitrogen and oxygen atoms in total. The largest absolute Gasteiger partial charge is 0.360 e. The fourth-order valence-electron chi connectivity index (χ4n) is 3.95. The van der Waals surface area contributed by atoms with Gasteiger partial charge in [-0.25, -0.2) is 9.18 Å². The molecule has 0 saturated heterocycles. The van der Waals surface area contributed by atoms with Gasteiger partial charge in [-0.05, 0) is 36.5 Å². The normalized spacial score (nSPS) is 24.6. The van der Waals surface area contributed by atoms with E-state index in [1.807, 2.05) is 0 Å². The van der Waals surface area contributed by atoms with Crippen LogP contribution < -0.4 is 20.9 Å². The minimum atomic E-state index is -0.501. The van der Waals surface area contributed by atoms with Crippen molar-refractivity contribution in [3.05, 3.63) is 24.0 Å². The fourth-order valence-corrected chi connectivity index (χ4v) is 3.95. The van der Waals surface area contributed by atoms with E-state index in [-0.39, 0.29) is 24.9 Å². The first-order valence-electron chi connectivity index (χ1n) is 9.78. The highest BCUT2D eigenvalue weighted by molar-refractivity contribution is 5.99. The Balaban J connectivity index is 1.60. The molecule has 28 heavy (non-hydrogen) atoms. The number of hydrogen-bond donors (Lipinski definition) is 3. The molecule has 3 rings (SSSR count). The quantitative estimate of drug-likeness (QED) is 0.740. The summed E-state index contributed by atoms with van der Waals surface area (Å²) in [5.74, 6) is -0.292. The van der Waals surface area contributed by atoms with Crippen LogP contribution in [0.15, 0.2) is 18.2 Å². The zero-order valence-corrected chi connectivity index (χ0v) is 16.3. The maximum Gasteiger partial charge on any atom is 0.321 e. The molecular formula is C20H27FN4O3. The van der Waals surface area contributed by atoms with Crippen LogP contribution in [0, 0.1) is 17.7 Å². The second kappa shape index (κ2) is 8.58. The lowest BCUT2D eigenvalue weighted by Crippen LogP contribution is -2.51. The molecule has 8 heteroatoms. The van der Waals surface area contributed by atoms with Crippen molar-refractivity contribution in [2.24, 2.45) is 11.8 Å². The molecule has 1 heterocycles. The summed E-state index contributed by atoms with van der Waals surface area (Å²) in [5.41, 5.74) is 0.877. The summed E-state index contributed by atoms with van der Waals surface area (Å²) in [6.07, 6.45) is 3.30. The topological polar surface area (TPSA) is 90.5 Å². The van der Waals surface area contributed by atoms with E-state index in [2.05, 4.69) is 29.8 Å². The summed E-state index contributed by atoms with van der Waals surface area (Å²) >= 11 is 0. The first-order valence-corrected chi connectivity index (χ1v) is 9.78. The number of anilines is 2. The van der Waals surface area contributed by atoms with Crippen LogP contribution in [0.4, 0.5) is 20.6 Å². The van der Waals surface area contributed by atoms with Gasteiger partial charge in [-0.1, -0.05) is 26.7 Å². The molecule has 152 valence electrons. The number of benzene rings is 1. The second-order valence-electron chi connectivity index (χ2n) is 7.78. The number of halogens is 1. The minimum absolute atomic E-state index is 0.0558. The Kier molecular flexibility index (Phi) is 6.16. The van der Waals surface area contributed by atoms with Crippen LogP contribution in [0.1, 0.15) is 39.5 Å². The summed E-state index contributed by atoms with van der Waals surface area (Å²) in [4.78, 5) is 38.1. The number of amides is 4. The van der Waals surface area contributed by atoms with E-state index in [1.165, 1.54) is 18.2 Å². The first kappa shape index (κ1) is 20.1. The molecule has 1 aliphatic heterocycles. The Bertz CT molecular complexity index is 770. The third-order valence-corrected chi connectivity index (χ3v) is 5.79. The van der Waals surface area contributed by atoms with E-state index in [0.717, 1.165) is 19.3 Å². The van der Waals surface area contributed by atoms with Gasteiger partial charge in [-0.3, -0.25) is 14.9 Å². The van der Waals surface area contributed by atoms with Gasteiger partial charge in [0.15, 0.2) is 0 Å². The maximum atomic E-state index is 13.5. The van der Waals surface area contributed by atoms with E-state index >= 15 is 0 Å². The first-order chi connectivity index (χ1) is 13.3. The zero-order valence-electron chi connectivity index (χ0n) is 16.3. The molecule has 1 aromatic rings. The van der Waals surface area contributed by atoms with Gasteiger partial charge in [-0.2, -0.15) is 0 Å². The lowest BCUT2D eigenvalue weighted by Gasteiger charge is -2.34. The number of urea groups is 1. The number of imide groups is 1. The highest BCUT2D eigenvalue weighted by Gasteiger charge is 2.29. The number of rotatable bonds is 3. The number of hydrogen-bond acceptors (Lipinski definition) is 4. The van der Waals surface area contributed by atoms with E-state index in [4.69, 9.17) is 0 Å². The smallest absolute Gasteiger partial charge is 0.321 e. The molecule has 3 N–H and O–H groups in total. The molecule has 1 fully saturated rings. The molecule has 2 aliphatic rings. The second-order valence-corrected chi connectivity index (χ2v) is 7.78. The maximum absolute atomic E-state index is 13.5. The highest BCUT2D eigenvalue weighted by atomic mass is 19.1. The van der Waals surface area contributed by atoms with Crippen molar-refractivity contribution >= 4 is 29.2 Å². The Hall–Kier alpha value is -2.64. The van der Waals surface area contributed by atoms with Crippen LogP contribution >= 0.6 is 0 Å². The van der Waals surface area contributed by atoms with Crippen LogP contribution in [-0.4, -0.2) is 37.0 Å². The SMILES string of the molecule is C[C@@H]1[C@H](C)CCC[C@@H]1NC(=O)NC(=O)CN1CCC(=O)Nc2cc(F)ccc21. The van der Waals surface area contributed by atoms with Crippen LogP contribution in [-0.2, 0) is 9.59 Å². The predicted octanol–water partition coefficient (Wildman–Crippen LogP) is 2.62. The van der Waals surface area contributed by atoms with Gasteiger partial charge in [0.05, 0.1) is 17.9 Å². The Morgan fingerprint density at radius 2 is 2.07 bits per heavy atom. The molecule has 0 bridgehead atoms. The molecule has 4 amide bonds. The lowest BCUT2D eigenvalue weighted by atomic mass is 9.78. The Morgan fingerprint density at radius 1 is 1.29 bits per heavy atom. The van der Waals surface area contributed by atoms with E-state index in [9.17, 15) is 18.8 Å². The van der Waals surface area contributed by atoms with Gasteiger partial charge in [0, 0.05) is 19.0 Å². The van der Waals surface area contributed by atoms with Gasteiger partial charge < -0.3 is 15.5 Å². The Morgan fingerprint density at radius 3 is 2.86 bits per heavy atom. The lowest BCUT2D eigenvalue weighted by molar-refractivity contribution is -0.119. The van der Waals surface area contributed by atoms with Gasteiger partial charge in [-0.15, -0.1) is 0 Å². The summed E-state index contributed by atoms with van der Waals surface area (Å²) < 4.78 is 13.5. The van der Waals surface area contributed by atoms with Crippen molar-refractivity contribution in [1.82, 2.24) is 10.6 Å². The number of carbonyl (C=O) groups is 3. The fraction of sp³-hybridized carbons (Fsp3) is 0.550. The summed E-state index contributed by atoms with van der Waals surface area (Å²) in [5, 5.41) is 7.92. The third kappa shape index (κ3) is 4.79. The summed E-state index contributed by atoms with van der Waals surface area (Å²) in [7, 11) is 0. The van der Waals surface area contributed by atoms with Crippen molar-refractivity contribution in [2.45, 2.75) is 45.6 Å². The van der Waals surface area contributed by atoms with Crippen LogP contribution in [0.2, 0.25) is 0 Å². The molecule has 3 atom stereocenters. The zero-order chi connectivity index (χ0) is 20.3. The third-order valence-electron chi connectivity index (χ3n) is 5.79. The highest BCUT2D eigenvalue weighted by Crippen LogP contribution is 2.30. The molecule has 0 spiro atoms. The van der Waals surface area contributed by atoms with Gasteiger partial charge in [0.25, 0.3) is 0 Å². The van der Waals surface area contributed by atoms with E-state index in [0.29, 0.717) is 29.8 Å². The van der Waals surface area contributed by atoms with E-state index in [1.54, 1.807) is 4.90 Å². The van der Waals surface area contributed by atoms with Crippen LogP contribution in [0.25, 0.3) is 0 Å². The van der Waals surface area contributed by atoms with Gasteiger partial charge in [0.1, 0.15) is 5.82 Å². The number of fused-ring (bicyclic) bond motifs is 1. The van der Waals surface area contributed by atoms with Crippen LogP contribution in [0.5, 0.6) is 0 Å². The molecule has 1 saturated carbocycles. The number of nitrogens with zero attached hydrogens (tertiary/aromatic N) is 1. The Labute approximate surface area is 164 Å². The minimum Gasteiger partial charge on any atom is -0.360 e. The van der Waals surface area contributed by atoms with Crippen molar-refractivity contribution in [3.8, 4) is 0 Å². The molecule has 0 radical (unpaired) electrons. The molecular weight excluding hydrogens is 363 g/mol. The standard InChI is InChI=1S/C20H27FN4O3/c1-12-4-3-5-15(13(12)2)23-20(28)24-19(27)11-25-9-8-18(26)22-16-10-14(21)6-7-17(16)25/h6-7,10,12-13,15H,3-5,8-9,11H2,1-2H3,(H,22,26)(H2,23,24,27,28)/t12-,13-,15+/m1/s1. The van der Waals surface area contributed by atoms with Crippen molar-refractivity contribution in [1.29, 1.82) is 0 Å². The van der Waals surface area contributed by atoms with Crippen LogP contribution in [0.3, 0.4) is 0 Å². The van der Waals surface area contributed by atoms with Crippen molar-refractivity contribution in [3.63, 3.8) is 0 Å². The van der Waals surface area contributed by atoms with Gasteiger partial charge in [0.2, 0.25) is 11.8 Å².